The van der Waals surface area contributed by atoms with Crippen LogP contribution in [0.25, 0.3) is 0 Å². The molecule has 0 aliphatic carbocycles. The van der Waals surface area contributed by atoms with Crippen molar-refractivity contribution in [2.24, 2.45) is 0 Å². The third kappa shape index (κ3) is 4.73. The van der Waals surface area contributed by atoms with Gasteiger partial charge in [0.1, 0.15) is 11.5 Å². The van der Waals surface area contributed by atoms with Crippen LogP contribution in [-0.4, -0.2) is 51.2 Å². The molecule has 1 saturated heterocycles. The number of aryl methyl sites for hydroxylation is 2. The molecule has 0 unspecified atom stereocenters. The Kier molecular flexibility index (Phi) is 6.22. The average Bonchev–Trinajstić information content (AvgIpc) is 2.72. The summed E-state index contributed by atoms with van der Waals surface area (Å²) in [6.07, 6.45) is 1.19. The zero-order chi connectivity index (χ0) is 19.2. The fourth-order valence-electron chi connectivity index (χ4n) is 3.54. The van der Waals surface area contributed by atoms with Crippen molar-refractivity contribution in [2.75, 3.05) is 45.3 Å². The van der Waals surface area contributed by atoms with E-state index in [4.69, 9.17) is 9.47 Å². The highest BCUT2D eigenvalue weighted by molar-refractivity contribution is 5.77. The second kappa shape index (κ2) is 8.80. The number of benzene rings is 2. The molecular formula is C22H28N2O3. The van der Waals surface area contributed by atoms with Crippen molar-refractivity contribution in [2.45, 2.75) is 19.8 Å². The Labute approximate surface area is 161 Å². The maximum atomic E-state index is 12.6. The van der Waals surface area contributed by atoms with Crippen molar-refractivity contribution in [1.82, 2.24) is 4.90 Å². The summed E-state index contributed by atoms with van der Waals surface area (Å²) in [5.41, 5.74) is 3.61. The van der Waals surface area contributed by atoms with Gasteiger partial charge in [-0.25, -0.2) is 0 Å². The van der Waals surface area contributed by atoms with Gasteiger partial charge in [-0.1, -0.05) is 18.2 Å². The van der Waals surface area contributed by atoms with E-state index in [0.717, 1.165) is 43.2 Å². The van der Waals surface area contributed by atoms with Crippen LogP contribution in [-0.2, 0) is 11.2 Å². The number of hydrogen-bond donors (Lipinski definition) is 0. The molecule has 0 aromatic heterocycles. The molecule has 0 atom stereocenters. The number of rotatable bonds is 6. The molecule has 0 N–H and O–H groups in total. The Morgan fingerprint density at radius 1 is 0.963 bits per heavy atom. The van der Waals surface area contributed by atoms with Crippen molar-refractivity contribution in [3.8, 4) is 11.5 Å². The highest BCUT2D eigenvalue weighted by Crippen LogP contribution is 2.24. The van der Waals surface area contributed by atoms with Crippen LogP contribution in [0.4, 0.5) is 5.69 Å². The summed E-state index contributed by atoms with van der Waals surface area (Å²) in [6, 6.07) is 14.2. The van der Waals surface area contributed by atoms with Crippen LogP contribution in [0.3, 0.4) is 0 Å². The molecule has 2 aromatic rings. The van der Waals surface area contributed by atoms with Crippen LogP contribution < -0.4 is 14.4 Å². The second-order valence-electron chi connectivity index (χ2n) is 6.88. The molecule has 1 heterocycles. The summed E-state index contributed by atoms with van der Waals surface area (Å²) in [6.45, 7) is 5.44. The number of piperazine rings is 1. The predicted octanol–water partition coefficient (Wildman–Crippen LogP) is 3.29. The highest BCUT2D eigenvalue weighted by atomic mass is 16.5. The summed E-state index contributed by atoms with van der Waals surface area (Å²) < 4.78 is 10.6. The Morgan fingerprint density at radius 2 is 1.59 bits per heavy atom. The fraction of sp³-hybridized carbons (Fsp3) is 0.409. The summed E-state index contributed by atoms with van der Waals surface area (Å²) >= 11 is 0. The highest BCUT2D eigenvalue weighted by Gasteiger charge is 2.21. The Hall–Kier alpha value is -2.69. The van der Waals surface area contributed by atoms with Gasteiger partial charge in [0.15, 0.2) is 0 Å². The lowest BCUT2D eigenvalue weighted by Crippen LogP contribution is -2.49. The summed E-state index contributed by atoms with van der Waals surface area (Å²) in [5.74, 6) is 1.72. The minimum absolute atomic E-state index is 0.209. The van der Waals surface area contributed by atoms with Crippen molar-refractivity contribution in [1.29, 1.82) is 0 Å². The van der Waals surface area contributed by atoms with Gasteiger partial charge >= 0.3 is 0 Å². The predicted molar refractivity (Wildman–Crippen MR) is 108 cm³/mol. The first-order chi connectivity index (χ1) is 13.1. The first-order valence-corrected chi connectivity index (χ1v) is 9.41. The van der Waals surface area contributed by atoms with Crippen molar-refractivity contribution in [3.05, 3.63) is 53.6 Å². The van der Waals surface area contributed by atoms with Crippen molar-refractivity contribution in [3.63, 3.8) is 0 Å². The third-order valence-corrected chi connectivity index (χ3v) is 5.13. The zero-order valence-electron chi connectivity index (χ0n) is 16.4. The van der Waals surface area contributed by atoms with Gasteiger partial charge in [0.25, 0.3) is 0 Å². The number of amides is 1. The van der Waals surface area contributed by atoms with E-state index < -0.39 is 0 Å². The maximum absolute atomic E-state index is 12.6. The molecule has 0 bridgehead atoms. The third-order valence-electron chi connectivity index (χ3n) is 5.13. The topological polar surface area (TPSA) is 42.0 Å². The summed E-state index contributed by atoms with van der Waals surface area (Å²) in [4.78, 5) is 17.0. The van der Waals surface area contributed by atoms with Gasteiger partial charge in [0, 0.05) is 44.4 Å². The molecule has 5 nitrogen and oxygen atoms in total. The van der Waals surface area contributed by atoms with Crippen LogP contribution in [0, 0.1) is 6.92 Å². The molecule has 2 aromatic carbocycles. The van der Waals surface area contributed by atoms with Crippen LogP contribution in [0.2, 0.25) is 0 Å². The summed E-state index contributed by atoms with van der Waals surface area (Å²) in [7, 11) is 3.27. The van der Waals surface area contributed by atoms with Gasteiger partial charge in [-0.05, 0) is 42.7 Å². The lowest BCUT2D eigenvalue weighted by atomic mass is 10.1. The van der Waals surface area contributed by atoms with E-state index in [-0.39, 0.29) is 5.91 Å². The Bertz CT molecular complexity index is 761. The van der Waals surface area contributed by atoms with Gasteiger partial charge in [-0.3, -0.25) is 4.79 Å². The smallest absolute Gasteiger partial charge is 0.223 e. The lowest BCUT2D eigenvalue weighted by Gasteiger charge is -2.37. The van der Waals surface area contributed by atoms with Gasteiger partial charge in [0.05, 0.1) is 14.2 Å². The van der Waals surface area contributed by atoms with Gasteiger partial charge < -0.3 is 19.3 Å². The molecule has 1 aliphatic rings. The minimum atomic E-state index is 0.209. The van der Waals surface area contributed by atoms with E-state index in [2.05, 4.69) is 36.1 Å². The van der Waals surface area contributed by atoms with E-state index in [9.17, 15) is 4.79 Å². The van der Waals surface area contributed by atoms with Crippen LogP contribution in [0.5, 0.6) is 11.5 Å². The Morgan fingerprint density at radius 3 is 2.19 bits per heavy atom. The number of para-hydroxylation sites is 1. The van der Waals surface area contributed by atoms with Crippen molar-refractivity contribution >= 4 is 11.6 Å². The molecule has 1 aliphatic heterocycles. The van der Waals surface area contributed by atoms with E-state index in [0.29, 0.717) is 12.8 Å². The molecule has 0 spiro atoms. The van der Waals surface area contributed by atoms with E-state index >= 15 is 0 Å². The van der Waals surface area contributed by atoms with E-state index in [1.54, 1.807) is 14.2 Å². The normalized spacial score (nSPS) is 14.2. The molecule has 1 amide bonds. The zero-order valence-corrected chi connectivity index (χ0v) is 16.4. The molecule has 0 saturated carbocycles. The number of methoxy groups -OCH3 is 2. The second-order valence-corrected chi connectivity index (χ2v) is 6.88. The van der Waals surface area contributed by atoms with E-state index in [1.165, 1.54) is 11.3 Å². The van der Waals surface area contributed by atoms with Gasteiger partial charge in [-0.2, -0.15) is 0 Å². The SMILES string of the molecule is COc1cc(CCC(=O)N2CCN(c3ccccc3C)CC2)cc(OC)c1. The number of hydrogen-bond acceptors (Lipinski definition) is 4. The number of nitrogens with zero attached hydrogens (tertiary/aromatic N) is 2. The Balaban J connectivity index is 1.54. The lowest BCUT2D eigenvalue weighted by molar-refractivity contribution is -0.131. The number of ether oxygens (including phenoxy) is 2. The first kappa shape index (κ1) is 19.1. The number of carbonyl (C=O) groups excluding carboxylic acids is 1. The monoisotopic (exact) mass is 368 g/mol. The number of carbonyl (C=O) groups is 1. The van der Waals surface area contributed by atoms with E-state index in [1.807, 2.05) is 23.1 Å². The molecule has 27 heavy (non-hydrogen) atoms. The maximum Gasteiger partial charge on any atom is 0.223 e. The molecule has 144 valence electrons. The van der Waals surface area contributed by atoms with Crippen LogP contribution in [0.15, 0.2) is 42.5 Å². The van der Waals surface area contributed by atoms with Crippen LogP contribution in [0.1, 0.15) is 17.5 Å². The molecule has 1 fully saturated rings. The molecular weight excluding hydrogens is 340 g/mol. The standard InChI is InChI=1S/C22H28N2O3/c1-17-6-4-5-7-21(17)23-10-12-24(13-11-23)22(25)9-8-18-14-19(26-2)16-20(15-18)27-3/h4-7,14-16H,8-13H2,1-3H3. The summed E-state index contributed by atoms with van der Waals surface area (Å²) in [5, 5.41) is 0. The van der Waals surface area contributed by atoms with Gasteiger partial charge in [0.2, 0.25) is 5.91 Å². The van der Waals surface area contributed by atoms with Gasteiger partial charge in [-0.15, -0.1) is 0 Å². The first-order valence-electron chi connectivity index (χ1n) is 9.41. The average molecular weight is 368 g/mol. The largest absolute Gasteiger partial charge is 0.497 e. The molecule has 5 heteroatoms. The van der Waals surface area contributed by atoms with Crippen molar-refractivity contribution < 1.29 is 14.3 Å². The molecule has 0 radical (unpaired) electrons. The number of anilines is 1. The quantitative estimate of drug-likeness (QED) is 0.785. The fourth-order valence-corrected chi connectivity index (χ4v) is 3.54. The van der Waals surface area contributed by atoms with Crippen LogP contribution >= 0.6 is 0 Å². The minimum Gasteiger partial charge on any atom is -0.497 e. The molecule has 3 rings (SSSR count).